The molecule has 0 spiro atoms. The van der Waals surface area contributed by atoms with E-state index in [0.717, 1.165) is 18.2 Å². The van der Waals surface area contributed by atoms with Gasteiger partial charge in [0.1, 0.15) is 24.3 Å². The summed E-state index contributed by atoms with van der Waals surface area (Å²) in [7, 11) is 0. The average Bonchev–Trinajstić information content (AvgIpc) is 2.82. The van der Waals surface area contributed by atoms with Crippen LogP contribution in [0.1, 0.15) is 12.5 Å². The lowest BCUT2D eigenvalue weighted by atomic mass is 10.0. The van der Waals surface area contributed by atoms with Crippen molar-refractivity contribution in [2.45, 2.75) is 13.5 Å². The van der Waals surface area contributed by atoms with E-state index in [-0.39, 0.29) is 23.4 Å². The van der Waals surface area contributed by atoms with Gasteiger partial charge in [-0.2, -0.15) is 5.10 Å². The fourth-order valence-corrected chi connectivity index (χ4v) is 1.60. The molecule has 6 heteroatoms. The first-order valence-electron chi connectivity index (χ1n) is 5.24. The summed E-state index contributed by atoms with van der Waals surface area (Å²) in [6.45, 7) is 1.53. The highest BCUT2D eigenvalue weighted by Gasteiger charge is 2.13. The number of hydrogen-bond donors (Lipinski definition) is 1. The molecule has 0 aliphatic heterocycles. The Morgan fingerprint density at radius 2 is 2.17 bits per heavy atom. The zero-order chi connectivity index (χ0) is 13.1. The maximum absolute atomic E-state index is 13.7. The summed E-state index contributed by atoms with van der Waals surface area (Å²) in [5.41, 5.74) is 0.281. The summed E-state index contributed by atoms with van der Waals surface area (Å²) in [5.74, 6) is -1.25. The van der Waals surface area contributed by atoms with Crippen LogP contribution >= 0.6 is 0 Å². The predicted octanol–water partition coefficient (Wildman–Crippen LogP) is 2.55. The zero-order valence-corrected chi connectivity index (χ0v) is 9.64. The fourth-order valence-electron chi connectivity index (χ4n) is 1.60. The Labute approximate surface area is 102 Å². The van der Waals surface area contributed by atoms with E-state index in [1.54, 1.807) is 0 Å². The summed E-state index contributed by atoms with van der Waals surface area (Å²) in [6, 6.07) is 3.09. The van der Waals surface area contributed by atoms with Gasteiger partial charge in [0.05, 0.1) is 12.3 Å². The molecule has 0 unspecified atom stereocenters. The third-order valence-electron chi connectivity index (χ3n) is 2.48. The Hall–Kier alpha value is -2.24. The summed E-state index contributed by atoms with van der Waals surface area (Å²) in [6.07, 6.45) is 2.76. The maximum Gasteiger partial charge on any atom is 0.137 e. The van der Waals surface area contributed by atoms with Gasteiger partial charge in [-0.3, -0.25) is 0 Å². The Morgan fingerprint density at radius 3 is 2.78 bits per heavy atom. The number of nitrogens with zero attached hydrogens (tertiary/aromatic N) is 3. The number of allylic oxidation sites excluding steroid dienone is 2. The van der Waals surface area contributed by atoms with E-state index < -0.39 is 11.6 Å². The van der Waals surface area contributed by atoms with Gasteiger partial charge in [-0.05, 0) is 25.1 Å². The first-order chi connectivity index (χ1) is 8.58. The summed E-state index contributed by atoms with van der Waals surface area (Å²) in [4.78, 5) is 3.75. The zero-order valence-electron chi connectivity index (χ0n) is 9.64. The van der Waals surface area contributed by atoms with Crippen LogP contribution in [-0.2, 0) is 6.54 Å². The molecule has 94 valence electrons. The van der Waals surface area contributed by atoms with E-state index in [9.17, 15) is 13.9 Å². The molecule has 0 radical (unpaired) electrons. The average molecular weight is 251 g/mol. The summed E-state index contributed by atoms with van der Waals surface area (Å²) in [5, 5.41) is 13.5. The van der Waals surface area contributed by atoms with Crippen molar-refractivity contribution in [3.8, 4) is 0 Å². The molecule has 0 amide bonds. The molecule has 18 heavy (non-hydrogen) atoms. The molecule has 0 aliphatic carbocycles. The van der Waals surface area contributed by atoms with Crippen molar-refractivity contribution in [2.24, 2.45) is 0 Å². The lowest BCUT2D eigenvalue weighted by molar-refractivity contribution is 0.413. The van der Waals surface area contributed by atoms with Gasteiger partial charge >= 0.3 is 0 Å². The van der Waals surface area contributed by atoms with Crippen LogP contribution < -0.4 is 0 Å². The molecular formula is C12H11F2N3O. The van der Waals surface area contributed by atoms with Crippen molar-refractivity contribution in [3.05, 3.63) is 53.8 Å². The monoisotopic (exact) mass is 251 g/mol. The van der Waals surface area contributed by atoms with Gasteiger partial charge < -0.3 is 5.11 Å². The van der Waals surface area contributed by atoms with E-state index in [0.29, 0.717) is 0 Å². The van der Waals surface area contributed by atoms with Crippen molar-refractivity contribution >= 4 is 5.57 Å². The van der Waals surface area contributed by atoms with Crippen LogP contribution in [0.15, 0.2) is 36.6 Å². The molecule has 2 aromatic rings. The Morgan fingerprint density at radius 1 is 1.39 bits per heavy atom. The molecule has 1 heterocycles. The highest BCUT2D eigenvalue weighted by molar-refractivity contribution is 5.67. The van der Waals surface area contributed by atoms with Crippen LogP contribution in [0.5, 0.6) is 0 Å². The highest BCUT2D eigenvalue weighted by atomic mass is 19.1. The smallest absolute Gasteiger partial charge is 0.137 e. The van der Waals surface area contributed by atoms with Crippen molar-refractivity contribution in [1.82, 2.24) is 14.8 Å². The molecule has 4 nitrogen and oxygen atoms in total. The van der Waals surface area contributed by atoms with Crippen LogP contribution in [-0.4, -0.2) is 19.9 Å². The van der Waals surface area contributed by atoms with Crippen LogP contribution in [0.2, 0.25) is 0 Å². The number of hydrogen-bond acceptors (Lipinski definition) is 3. The Balaban J connectivity index is 2.43. The van der Waals surface area contributed by atoms with Crippen LogP contribution in [0, 0.1) is 11.6 Å². The second-order valence-electron chi connectivity index (χ2n) is 3.78. The lowest BCUT2D eigenvalue weighted by Gasteiger charge is -2.10. The number of aliphatic hydroxyl groups is 1. The minimum absolute atomic E-state index is 0.0190. The largest absolute Gasteiger partial charge is 0.512 e. The number of aliphatic hydroxyl groups excluding tert-OH is 1. The molecule has 0 bridgehead atoms. The SMILES string of the molecule is CC(O)=C(Cn1cncn1)c1cc(F)ccc1F. The third kappa shape index (κ3) is 2.53. The van der Waals surface area contributed by atoms with Crippen LogP contribution in [0.4, 0.5) is 8.78 Å². The van der Waals surface area contributed by atoms with Crippen molar-refractivity contribution in [3.63, 3.8) is 0 Å². The van der Waals surface area contributed by atoms with Gasteiger partial charge in [0.25, 0.3) is 0 Å². The number of rotatable bonds is 3. The second kappa shape index (κ2) is 4.95. The molecule has 1 aromatic carbocycles. The first kappa shape index (κ1) is 12.2. The fraction of sp³-hybridized carbons (Fsp3) is 0.167. The van der Waals surface area contributed by atoms with E-state index in [1.807, 2.05) is 0 Å². The molecule has 0 saturated carbocycles. The van der Waals surface area contributed by atoms with Crippen molar-refractivity contribution < 1.29 is 13.9 Å². The first-order valence-corrected chi connectivity index (χ1v) is 5.24. The number of halogens is 2. The standard InChI is InChI=1S/C12H11F2N3O/c1-8(18)11(5-17-7-15-6-16-17)10-4-9(13)2-3-12(10)14/h2-4,6-7,18H,5H2,1H3. The predicted molar refractivity (Wildman–Crippen MR) is 61.6 cm³/mol. The molecular weight excluding hydrogens is 240 g/mol. The van der Waals surface area contributed by atoms with Gasteiger partial charge in [-0.15, -0.1) is 0 Å². The van der Waals surface area contributed by atoms with E-state index in [1.165, 1.54) is 24.3 Å². The second-order valence-corrected chi connectivity index (χ2v) is 3.78. The maximum atomic E-state index is 13.7. The molecule has 0 aliphatic rings. The van der Waals surface area contributed by atoms with E-state index in [2.05, 4.69) is 10.1 Å². The Kier molecular flexibility index (Phi) is 3.36. The van der Waals surface area contributed by atoms with Crippen LogP contribution in [0.25, 0.3) is 5.57 Å². The van der Waals surface area contributed by atoms with Gasteiger partial charge in [-0.25, -0.2) is 18.4 Å². The minimum atomic E-state index is -0.597. The third-order valence-corrected chi connectivity index (χ3v) is 2.48. The van der Waals surface area contributed by atoms with Gasteiger partial charge in [0.15, 0.2) is 0 Å². The number of benzene rings is 1. The van der Waals surface area contributed by atoms with E-state index in [4.69, 9.17) is 0 Å². The topological polar surface area (TPSA) is 50.9 Å². The minimum Gasteiger partial charge on any atom is -0.512 e. The molecule has 1 aromatic heterocycles. The Bertz CT molecular complexity index is 575. The van der Waals surface area contributed by atoms with Crippen LogP contribution in [0.3, 0.4) is 0 Å². The lowest BCUT2D eigenvalue weighted by Crippen LogP contribution is -2.05. The summed E-state index contributed by atoms with van der Waals surface area (Å²) >= 11 is 0. The van der Waals surface area contributed by atoms with Gasteiger partial charge in [-0.1, -0.05) is 0 Å². The van der Waals surface area contributed by atoms with E-state index >= 15 is 0 Å². The molecule has 1 N–H and O–H groups in total. The van der Waals surface area contributed by atoms with Crippen molar-refractivity contribution in [2.75, 3.05) is 0 Å². The van der Waals surface area contributed by atoms with Gasteiger partial charge in [0, 0.05) is 11.1 Å². The molecule has 0 saturated heterocycles. The van der Waals surface area contributed by atoms with Crippen molar-refractivity contribution in [1.29, 1.82) is 0 Å². The highest BCUT2D eigenvalue weighted by Crippen LogP contribution is 2.23. The molecule has 0 atom stereocenters. The molecule has 2 rings (SSSR count). The summed E-state index contributed by atoms with van der Waals surface area (Å²) < 4.78 is 28.2. The normalized spacial score (nSPS) is 12.4. The van der Waals surface area contributed by atoms with Gasteiger partial charge in [0.2, 0.25) is 0 Å². The number of aromatic nitrogens is 3. The quantitative estimate of drug-likeness (QED) is 0.853. The molecule has 0 fully saturated rings.